The molecule has 0 fully saturated rings. The molecule has 0 saturated carbocycles. The summed E-state index contributed by atoms with van der Waals surface area (Å²) in [5, 5.41) is 0. The number of benzene rings is 1. The Balaban J connectivity index is 2.33. The zero-order valence-electron chi connectivity index (χ0n) is 11.6. The molecule has 1 aromatic heterocycles. The number of halogens is 1. The maximum atomic E-state index is 14.1. The van der Waals surface area contributed by atoms with Crippen molar-refractivity contribution >= 4 is 0 Å². The highest BCUT2D eigenvalue weighted by molar-refractivity contribution is 5.37. The van der Waals surface area contributed by atoms with Gasteiger partial charge in [0.2, 0.25) is 0 Å². The first-order chi connectivity index (χ1) is 9.71. The number of ether oxygens (including phenoxy) is 1. The summed E-state index contributed by atoms with van der Waals surface area (Å²) in [5.41, 5.74) is 3.07. The summed E-state index contributed by atoms with van der Waals surface area (Å²) in [6, 6.07) is 4.32. The molecule has 1 aromatic carbocycles. The molecule has 0 amide bonds. The molecule has 1 heterocycles. The molecule has 2 rings (SSSR count). The smallest absolute Gasteiger partial charge is 0.131 e. The third-order valence-electron chi connectivity index (χ3n) is 3.31. The molecule has 0 spiro atoms. The van der Waals surface area contributed by atoms with Crippen LogP contribution in [-0.2, 0) is 13.0 Å². The number of aromatic nitrogens is 2. The number of nitrogens with one attached hydrogen (secondary N) is 1. The van der Waals surface area contributed by atoms with Crippen molar-refractivity contribution in [2.45, 2.75) is 25.9 Å². The molecule has 1 unspecified atom stereocenters. The van der Waals surface area contributed by atoms with Gasteiger partial charge in [-0.3, -0.25) is 11.3 Å². The largest absolute Gasteiger partial charge is 0.496 e. The van der Waals surface area contributed by atoms with E-state index in [0.717, 1.165) is 12.4 Å². The van der Waals surface area contributed by atoms with E-state index in [4.69, 9.17) is 10.6 Å². The molecular weight excluding hydrogens is 259 g/mol. The van der Waals surface area contributed by atoms with Crippen molar-refractivity contribution in [3.63, 3.8) is 0 Å². The van der Waals surface area contributed by atoms with Gasteiger partial charge in [-0.2, -0.15) is 0 Å². The topological polar surface area (TPSA) is 65.1 Å². The Morgan fingerprint density at radius 3 is 2.95 bits per heavy atom. The predicted octanol–water partition coefficient (Wildman–Crippen LogP) is 1.80. The van der Waals surface area contributed by atoms with Crippen LogP contribution in [-0.4, -0.2) is 16.7 Å². The zero-order valence-corrected chi connectivity index (χ0v) is 11.6. The van der Waals surface area contributed by atoms with Crippen LogP contribution >= 0.6 is 0 Å². The van der Waals surface area contributed by atoms with Crippen LogP contribution in [0.4, 0.5) is 4.39 Å². The molecule has 0 aliphatic rings. The minimum Gasteiger partial charge on any atom is -0.496 e. The molecular formula is C14H19FN4O. The molecule has 6 heteroatoms. The van der Waals surface area contributed by atoms with E-state index in [1.807, 2.05) is 17.7 Å². The minimum atomic E-state index is -0.404. The fourth-order valence-corrected chi connectivity index (χ4v) is 2.28. The average Bonchev–Trinajstić information content (AvgIpc) is 2.92. The van der Waals surface area contributed by atoms with Crippen molar-refractivity contribution in [1.29, 1.82) is 0 Å². The lowest BCUT2D eigenvalue weighted by atomic mass is 10.0. The number of imidazole rings is 1. The van der Waals surface area contributed by atoms with Crippen LogP contribution in [0.25, 0.3) is 0 Å². The summed E-state index contributed by atoms with van der Waals surface area (Å²) in [7, 11) is 1.51. The van der Waals surface area contributed by atoms with Crippen LogP contribution in [0.5, 0.6) is 5.75 Å². The highest BCUT2D eigenvalue weighted by atomic mass is 19.1. The third kappa shape index (κ3) is 2.81. The van der Waals surface area contributed by atoms with Crippen molar-refractivity contribution in [2.75, 3.05) is 7.11 Å². The monoisotopic (exact) mass is 278 g/mol. The fourth-order valence-electron chi connectivity index (χ4n) is 2.28. The molecule has 0 saturated heterocycles. The quantitative estimate of drug-likeness (QED) is 0.624. The van der Waals surface area contributed by atoms with E-state index in [1.54, 1.807) is 18.3 Å². The Kier molecular flexibility index (Phi) is 4.70. The van der Waals surface area contributed by atoms with Crippen LogP contribution in [0.15, 0.2) is 30.6 Å². The van der Waals surface area contributed by atoms with Crippen molar-refractivity contribution in [3.05, 3.63) is 47.8 Å². The average molecular weight is 278 g/mol. The van der Waals surface area contributed by atoms with Crippen LogP contribution in [0.1, 0.15) is 24.4 Å². The summed E-state index contributed by atoms with van der Waals surface area (Å²) < 4.78 is 21.3. The van der Waals surface area contributed by atoms with Gasteiger partial charge in [-0.05, 0) is 19.1 Å². The maximum Gasteiger partial charge on any atom is 0.131 e. The Morgan fingerprint density at radius 2 is 2.30 bits per heavy atom. The number of nitrogens with two attached hydrogens (primary N) is 1. The molecule has 20 heavy (non-hydrogen) atoms. The molecule has 0 aliphatic carbocycles. The Morgan fingerprint density at radius 1 is 1.50 bits per heavy atom. The normalized spacial score (nSPS) is 12.4. The van der Waals surface area contributed by atoms with E-state index >= 15 is 0 Å². The van der Waals surface area contributed by atoms with Gasteiger partial charge in [0.05, 0.1) is 13.2 Å². The first kappa shape index (κ1) is 14.5. The molecule has 3 N–H and O–H groups in total. The van der Waals surface area contributed by atoms with Crippen LogP contribution < -0.4 is 16.0 Å². The number of nitrogens with zero attached hydrogens (tertiary/aromatic N) is 2. The van der Waals surface area contributed by atoms with Crippen LogP contribution in [0.3, 0.4) is 0 Å². The minimum absolute atomic E-state index is 0.345. The second-order valence-corrected chi connectivity index (χ2v) is 4.41. The zero-order chi connectivity index (χ0) is 14.5. The first-order valence-corrected chi connectivity index (χ1v) is 6.49. The highest BCUT2D eigenvalue weighted by Gasteiger charge is 2.21. The number of hydrazine groups is 1. The summed E-state index contributed by atoms with van der Waals surface area (Å²) >= 11 is 0. The van der Waals surface area contributed by atoms with E-state index in [9.17, 15) is 4.39 Å². The van der Waals surface area contributed by atoms with E-state index in [1.165, 1.54) is 13.2 Å². The van der Waals surface area contributed by atoms with Gasteiger partial charge >= 0.3 is 0 Å². The summed E-state index contributed by atoms with van der Waals surface area (Å²) in [6.45, 7) is 2.83. The van der Waals surface area contributed by atoms with E-state index < -0.39 is 6.04 Å². The SMILES string of the molecule is CCn1ccnc1CC(NN)c1c(F)cccc1OC. The molecule has 0 aliphatic heterocycles. The summed E-state index contributed by atoms with van der Waals surface area (Å²) in [6.07, 6.45) is 4.10. The Bertz CT molecular complexity index is 570. The standard InChI is InChI=1S/C14H19FN4O/c1-3-19-8-7-17-13(19)9-11(18-16)14-10(15)5-4-6-12(14)20-2/h4-8,11,18H,3,9,16H2,1-2H3. The van der Waals surface area contributed by atoms with Crippen molar-refractivity contribution in [1.82, 2.24) is 15.0 Å². The Labute approximate surface area is 117 Å². The number of hydrogen-bond donors (Lipinski definition) is 2. The van der Waals surface area contributed by atoms with Gasteiger partial charge in [-0.25, -0.2) is 9.37 Å². The first-order valence-electron chi connectivity index (χ1n) is 6.49. The Hall–Kier alpha value is -1.92. The van der Waals surface area contributed by atoms with Gasteiger partial charge in [-0.15, -0.1) is 0 Å². The second-order valence-electron chi connectivity index (χ2n) is 4.41. The molecule has 0 bridgehead atoms. The predicted molar refractivity (Wildman–Crippen MR) is 74.6 cm³/mol. The maximum absolute atomic E-state index is 14.1. The van der Waals surface area contributed by atoms with Crippen molar-refractivity contribution < 1.29 is 9.13 Å². The third-order valence-corrected chi connectivity index (χ3v) is 3.31. The summed E-state index contributed by atoms with van der Waals surface area (Å²) in [4.78, 5) is 4.29. The molecule has 5 nitrogen and oxygen atoms in total. The van der Waals surface area contributed by atoms with E-state index in [2.05, 4.69) is 10.4 Å². The highest BCUT2D eigenvalue weighted by Crippen LogP contribution is 2.29. The molecule has 108 valence electrons. The molecule has 1 atom stereocenters. The molecule has 2 aromatic rings. The van der Waals surface area contributed by atoms with Crippen molar-refractivity contribution in [2.24, 2.45) is 5.84 Å². The summed E-state index contributed by atoms with van der Waals surface area (Å²) in [5.74, 6) is 6.57. The van der Waals surface area contributed by atoms with Gasteiger partial charge in [0.15, 0.2) is 0 Å². The number of rotatable bonds is 6. The number of hydrogen-bond acceptors (Lipinski definition) is 4. The lowest BCUT2D eigenvalue weighted by Gasteiger charge is -2.19. The van der Waals surface area contributed by atoms with Crippen molar-refractivity contribution in [3.8, 4) is 5.75 Å². The lowest BCUT2D eigenvalue weighted by Crippen LogP contribution is -2.31. The van der Waals surface area contributed by atoms with Crippen LogP contribution in [0.2, 0.25) is 0 Å². The van der Waals surface area contributed by atoms with Gasteiger partial charge in [0.25, 0.3) is 0 Å². The number of aryl methyl sites for hydroxylation is 1. The second kappa shape index (κ2) is 6.49. The van der Waals surface area contributed by atoms with Gasteiger partial charge in [-0.1, -0.05) is 6.07 Å². The van der Waals surface area contributed by atoms with Gasteiger partial charge in [0, 0.05) is 30.9 Å². The van der Waals surface area contributed by atoms with Gasteiger partial charge in [0.1, 0.15) is 17.4 Å². The van der Waals surface area contributed by atoms with Crippen LogP contribution in [0, 0.1) is 5.82 Å². The fraction of sp³-hybridized carbons (Fsp3) is 0.357. The number of methoxy groups -OCH3 is 1. The van der Waals surface area contributed by atoms with Gasteiger partial charge < -0.3 is 9.30 Å². The molecule has 0 radical (unpaired) electrons. The van der Waals surface area contributed by atoms with E-state index in [-0.39, 0.29) is 5.82 Å². The lowest BCUT2D eigenvalue weighted by molar-refractivity contribution is 0.388. The van der Waals surface area contributed by atoms with E-state index in [0.29, 0.717) is 17.7 Å².